The zero-order chi connectivity index (χ0) is 26.7. The molecule has 0 aliphatic carbocycles. The molecule has 9 N–H and O–H groups in total. The van der Waals surface area contributed by atoms with Gasteiger partial charge in [0.2, 0.25) is 17.7 Å². The molecular formula is C20H30N6O9. The van der Waals surface area contributed by atoms with Crippen molar-refractivity contribution in [1.29, 1.82) is 0 Å². The monoisotopic (exact) mass is 498 g/mol. The van der Waals surface area contributed by atoms with Gasteiger partial charge >= 0.3 is 17.9 Å². The van der Waals surface area contributed by atoms with Gasteiger partial charge in [-0.25, -0.2) is 9.78 Å². The van der Waals surface area contributed by atoms with Crippen molar-refractivity contribution in [3.05, 3.63) is 18.2 Å². The Labute approximate surface area is 199 Å². The van der Waals surface area contributed by atoms with Crippen LogP contribution in [-0.2, 0) is 35.2 Å². The van der Waals surface area contributed by atoms with Gasteiger partial charge in [0.1, 0.15) is 18.1 Å². The number of imidazole rings is 1. The summed E-state index contributed by atoms with van der Waals surface area (Å²) in [5, 5.41) is 34.0. The average molecular weight is 498 g/mol. The summed E-state index contributed by atoms with van der Waals surface area (Å²) in [4.78, 5) is 78.0. The molecular weight excluding hydrogens is 468 g/mol. The molecule has 194 valence electrons. The third-order valence-electron chi connectivity index (χ3n) is 4.85. The van der Waals surface area contributed by atoms with Gasteiger partial charge in [0.25, 0.3) is 0 Å². The molecule has 0 saturated heterocycles. The molecule has 35 heavy (non-hydrogen) atoms. The molecule has 15 heteroatoms. The molecule has 3 amide bonds. The van der Waals surface area contributed by atoms with Crippen LogP contribution in [0.3, 0.4) is 0 Å². The van der Waals surface area contributed by atoms with Crippen LogP contribution in [0.15, 0.2) is 12.5 Å². The van der Waals surface area contributed by atoms with Crippen molar-refractivity contribution in [2.75, 3.05) is 0 Å². The Morgan fingerprint density at radius 3 is 2.03 bits per heavy atom. The Kier molecular flexibility index (Phi) is 11.3. The predicted octanol–water partition coefficient (Wildman–Crippen LogP) is -2.19. The Bertz CT molecular complexity index is 918. The summed E-state index contributed by atoms with van der Waals surface area (Å²) in [5.74, 6) is -7.49. The first-order valence-corrected chi connectivity index (χ1v) is 10.6. The lowest BCUT2D eigenvalue weighted by molar-refractivity contribution is -0.144. The molecule has 1 heterocycles. The molecule has 0 aromatic carbocycles. The maximum absolute atomic E-state index is 12.8. The maximum Gasteiger partial charge on any atom is 0.326 e. The summed E-state index contributed by atoms with van der Waals surface area (Å²) >= 11 is 0. The van der Waals surface area contributed by atoms with E-state index in [1.54, 1.807) is 0 Å². The van der Waals surface area contributed by atoms with E-state index in [9.17, 15) is 33.9 Å². The highest BCUT2D eigenvalue weighted by molar-refractivity contribution is 5.95. The third-order valence-corrected chi connectivity index (χ3v) is 4.85. The van der Waals surface area contributed by atoms with E-state index in [-0.39, 0.29) is 6.42 Å². The van der Waals surface area contributed by atoms with Gasteiger partial charge < -0.3 is 42.0 Å². The van der Waals surface area contributed by atoms with Crippen LogP contribution in [0.5, 0.6) is 0 Å². The van der Waals surface area contributed by atoms with E-state index in [0.29, 0.717) is 5.69 Å². The van der Waals surface area contributed by atoms with Gasteiger partial charge in [0.15, 0.2) is 0 Å². The van der Waals surface area contributed by atoms with E-state index in [4.69, 9.17) is 15.9 Å². The second-order valence-electron chi connectivity index (χ2n) is 8.11. The van der Waals surface area contributed by atoms with Crippen LogP contribution in [-0.4, -0.2) is 85.1 Å². The van der Waals surface area contributed by atoms with E-state index in [2.05, 4.69) is 25.9 Å². The smallest absolute Gasteiger partial charge is 0.326 e. The van der Waals surface area contributed by atoms with Crippen molar-refractivity contribution >= 4 is 35.6 Å². The van der Waals surface area contributed by atoms with Crippen LogP contribution >= 0.6 is 0 Å². The van der Waals surface area contributed by atoms with Crippen molar-refractivity contribution in [1.82, 2.24) is 25.9 Å². The van der Waals surface area contributed by atoms with Gasteiger partial charge in [-0.2, -0.15) is 0 Å². The number of nitrogens with zero attached hydrogens (tertiary/aromatic N) is 1. The molecule has 1 rings (SSSR count). The highest BCUT2D eigenvalue weighted by atomic mass is 16.4. The highest BCUT2D eigenvalue weighted by Gasteiger charge is 2.32. The number of amides is 3. The molecule has 0 radical (unpaired) electrons. The maximum atomic E-state index is 12.8. The third kappa shape index (κ3) is 10.2. The number of aromatic amines is 1. The van der Waals surface area contributed by atoms with E-state index in [1.807, 2.05) is 0 Å². The number of nitrogens with one attached hydrogen (secondary N) is 4. The number of aliphatic carboxylic acids is 3. The number of carbonyl (C=O) groups excluding carboxylic acids is 3. The average Bonchev–Trinajstić information content (AvgIpc) is 3.25. The minimum absolute atomic E-state index is 0.0165. The molecule has 4 atom stereocenters. The van der Waals surface area contributed by atoms with Crippen LogP contribution in [0.2, 0.25) is 0 Å². The van der Waals surface area contributed by atoms with Gasteiger partial charge in [-0.1, -0.05) is 13.8 Å². The molecule has 0 aliphatic rings. The number of carboxylic acids is 3. The fraction of sp³-hybridized carbons (Fsp3) is 0.550. The van der Waals surface area contributed by atoms with Crippen molar-refractivity contribution in [3.63, 3.8) is 0 Å². The van der Waals surface area contributed by atoms with Crippen molar-refractivity contribution in [2.24, 2.45) is 11.7 Å². The van der Waals surface area contributed by atoms with Gasteiger partial charge in [0, 0.05) is 24.7 Å². The Balaban J connectivity index is 2.98. The lowest BCUT2D eigenvalue weighted by Crippen LogP contribution is -2.58. The van der Waals surface area contributed by atoms with Gasteiger partial charge in [0.05, 0.1) is 18.8 Å². The summed E-state index contributed by atoms with van der Waals surface area (Å²) in [6.07, 6.45) is 1.00. The molecule has 0 bridgehead atoms. The van der Waals surface area contributed by atoms with Crippen LogP contribution in [0, 0.1) is 5.92 Å². The first kappa shape index (κ1) is 29.0. The van der Waals surface area contributed by atoms with E-state index in [1.165, 1.54) is 26.4 Å². The number of aromatic nitrogens is 2. The summed E-state index contributed by atoms with van der Waals surface area (Å²) in [6, 6.07) is -5.63. The number of carbonyl (C=O) groups is 6. The highest BCUT2D eigenvalue weighted by Crippen LogP contribution is 2.06. The minimum Gasteiger partial charge on any atom is -0.481 e. The Hall–Kier alpha value is -4.01. The first-order chi connectivity index (χ1) is 16.3. The molecule has 0 spiro atoms. The van der Waals surface area contributed by atoms with Crippen LogP contribution in [0.25, 0.3) is 0 Å². The number of rotatable bonds is 15. The van der Waals surface area contributed by atoms with E-state index < -0.39 is 85.0 Å². The molecule has 0 saturated carbocycles. The van der Waals surface area contributed by atoms with Gasteiger partial charge in [-0.3, -0.25) is 24.0 Å². The molecule has 1 aromatic rings. The lowest BCUT2D eigenvalue weighted by Gasteiger charge is -2.25. The van der Waals surface area contributed by atoms with Gasteiger partial charge in [-0.05, 0) is 12.3 Å². The predicted molar refractivity (Wildman–Crippen MR) is 118 cm³/mol. The Morgan fingerprint density at radius 1 is 0.943 bits per heavy atom. The van der Waals surface area contributed by atoms with Crippen LogP contribution < -0.4 is 21.7 Å². The van der Waals surface area contributed by atoms with Crippen LogP contribution in [0.1, 0.15) is 38.8 Å². The molecule has 0 fully saturated rings. The summed E-state index contributed by atoms with van der Waals surface area (Å²) in [5.41, 5.74) is 6.33. The van der Waals surface area contributed by atoms with Crippen molar-refractivity contribution in [3.8, 4) is 0 Å². The first-order valence-electron chi connectivity index (χ1n) is 10.6. The fourth-order valence-electron chi connectivity index (χ4n) is 2.96. The zero-order valence-electron chi connectivity index (χ0n) is 19.2. The summed E-state index contributed by atoms with van der Waals surface area (Å²) < 4.78 is 0. The van der Waals surface area contributed by atoms with E-state index in [0.717, 1.165) is 0 Å². The summed E-state index contributed by atoms with van der Waals surface area (Å²) in [7, 11) is 0. The van der Waals surface area contributed by atoms with Gasteiger partial charge in [-0.15, -0.1) is 0 Å². The number of H-pyrrole nitrogens is 1. The zero-order valence-corrected chi connectivity index (χ0v) is 19.2. The fourth-order valence-corrected chi connectivity index (χ4v) is 2.96. The summed E-state index contributed by atoms with van der Waals surface area (Å²) in [6.45, 7) is 3.07. The quantitative estimate of drug-likeness (QED) is 0.129. The number of carboxylic acid groups (broad SMARTS) is 3. The number of hydrogen-bond acceptors (Lipinski definition) is 8. The molecule has 15 nitrogen and oxygen atoms in total. The second kappa shape index (κ2) is 13.6. The Morgan fingerprint density at radius 2 is 1.54 bits per heavy atom. The van der Waals surface area contributed by atoms with Crippen molar-refractivity contribution < 1.29 is 44.1 Å². The number of hydrogen-bond donors (Lipinski definition) is 8. The molecule has 4 unspecified atom stereocenters. The second-order valence-corrected chi connectivity index (χ2v) is 8.11. The lowest BCUT2D eigenvalue weighted by atomic mass is 10.0. The standard InChI is InChI=1S/C20H30N6O9/c1-9(2)16(20(34)35)26-18(32)12(3-4-14(27)28)24-19(33)13(6-15(29)30)25-17(31)11(21)5-10-7-22-8-23-10/h7-9,11-13,16H,3-6,21H2,1-2H3,(H,22,23)(H,24,33)(H,25,31)(H,26,32)(H,27,28)(H,29,30)(H,34,35). The minimum atomic E-state index is -1.65. The van der Waals surface area contributed by atoms with E-state index >= 15 is 0 Å². The molecule has 0 aliphatic heterocycles. The normalized spacial score (nSPS) is 14.3. The van der Waals surface area contributed by atoms with Crippen molar-refractivity contribution in [2.45, 2.75) is 63.7 Å². The topological polar surface area (TPSA) is 254 Å². The largest absolute Gasteiger partial charge is 0.481 e. The number of nitrogens with two attached hydrogens (primary N) is 1. The molecule has 1 aromatic heterocycles. The van der Waals surface area contributed by atoms with Crippen LogP contribution in [0.4, 0.5) is 0 Å². The SMILES string of the molecule is CC(C)C(NC(=O)C(CCC(=O)O)NC(=O)C(CC(=O)O)NC(=O)C(N)Cc1cnc[nH]1)C(=O)O.